The minimum absolute atomic E-state index is 0.0453. The van der Waals surface area contributed by atoms with E-state index in [1.807, 2.05) is 92.7 Å². The fourth-order valence-corrected chi connectivity index (χ4v) is 4.16. The third kappa shape index (κ3) is 8.23. The van der Waals surface area contributed by atoms with Crippen LogP contribution in [0.15, 0.2) is 83.3 Å². The van der Waals surface area contributed by atoms with Crippen molar-refractivity contribution in [1.82, 2.24) is 10.2 Å². The van der Waals surface area contributed by atoms with Crippen LogP contribution in [0.1, 0.15) is 50.3 Å². The molecule has 190 valence electrons. The van der Waals surface area contributed by atoms with E-state index < -0.39 is 6.04 Å². The SMILES string of the molecule is CC(C)NC(=O)C(Cc1ccccc1)N(Cc1ccc(Br)cc1)C(=O)COc1ccc(C(C)C)cc1. The highest BCUT2D eigenvalue weighted by molar-refractivity contribution is 9.10. The molecular weight excluding hydrogens is 516 g/mol. The van der Waals surface area contributed by atoms with Gasteiger partial charge in [0.25, 0.3) is 5.91 Å². The molecule has 3 rings (SSSR count). The molecule has 0 spiro atoms. The van der Waals surface area contributed by atoms with Crippen LogP contribution < -0.4 is 10.1 Å². The van der Waals surface area contributed by atoms with Crippen LogP contribution in [-0.4, -0.2) is 35.4 Å². The normalized spacial score (nSPS) is 11.9. The van der Waals surface area contributed by atoms with E-state index in [1.54, 1.807) is 4.90 Å². The largest absolute Gasteiger partial charge is 0.484 e. The highest BCUT2D eigenvalue weighted by atomic mass is 79.9. The molecule has 1 N–H and O–H groups in total. The molecule has 2 amide bonds. The second-order valence-corrected chi connectivity index (χ2v) is 10.4. The van der Waals surface area contributed by atoms with Gasteiger partial charge in [0.05, 0.1) is 0 Å². The summed E-state index contributed by atoms with van der Waals surface area (Å²) < 4.78 is 6.83. The van der Waals surface area contributed by atoms with Crippen molar-refractivity contribution in [3.05, 3.63) is 100 Å². The van der Waals surface area contributed by atoms with E-state index in [0.717, 1.165) is 15.6 Å². The maximum atomic E-state index is 13.6. The van der Waals surface area contributed by atoms with Gasteiger partial charge in [0.2, 0.25) is 5.91 Å². The molecule has 0 saturated heterocycles. The van der Waals surface area contributed by atoms with E-state index in [1.165, 1.54) is 5.56 Å². The summed E-state index contributed by atoms with van der Waals surface area (Å²) in [6.07, 6.45) is 0.407. The molecule has 0 saturated carbocycles. The van der Waals surface area contributed by atoms with Crippen LogP contribution in [0.4, 0.5) is 0 Å². The van der Waals surface area contributed by atoms with Crippen LogP contribution in [0.2, 0.25) is 0 Å². The van der Waals surface area contributed by atoms with Crippen molar-refractivity contribution in [2.75, 3.05) is 6.61 Å². The molecule has 6 heteroatoms. The summed E-state index contributed by atoms with van der Waals surface area (Å²) in [6, 6.07) is 24.6. The van der Waals surface area contributed by atoms with E-state index in [9.17, 15) is 9.59 Å². The standard InChI is InChI=1S/C30H35BrN2O3/c1-21(2)25-12-16-27(17-13-25)36-20-29(34)33(19-24-10-14-26(31)15-11-24)28(30(35)32-22(3)4)18-23-8-6-5-7-9-23/h5-17,21-22,28H,18-20H2,1-4H3,(H,32,35). The summed E-state index contributed by atoms with van der Waals surface area (Å²) in [6.45, 7) is 8.25. The van der Waals surface area contributed by atoms with Gasteiger partial charge in [-0.2, -0.15) is 0 Å². The zero-order valence-electron chi connectivity index (χ0n) is 21.4. The van der Waals surface area contributed by atoms with Crippen LogP contribution in [0, 0.1) is 0 Å². The molecule has 0 aliphatic rings. The molecule has 1 unspecified atom stereocenters. The van der Waals surface area contributed by atoms with E-state index >= 15 is 0 Å². The number of nitrogens with one attached hydrogen (secondary N) is 1. The number of hydrogen-bond acceptors (Lipinski definition) is 3. The van der Waals surface area contributed by atoms with Gasteiger partial charge in [0.15, 0.2) is 6.61 Å². The molecule has 1 atom stereocenters. The first-order chi connectivity index (χ1) is 17.2. The number of amides is 2. The number of hydrogen-bond donors (Lipinski definition) is 1. The lowest BCUT2D eigenvalue weighted by Gasteiger charge is -2.32. The number of carbonyl (C=O) groups is 2. The maximum Gasteiger partial charge on any atom is 0.261 e. The predicted molar refractivity (Wildman–Crippen MR) is 148 cm³/mol. The van der Waals surface area contributed by atoms with Gasteiger partial charge in [-0.15, -0.1) is 0 Å². The predicted octanol–water partition coefficient (Wildman–Crippen LogP) is 6.12. The van der Waals surface area contributed by atoms with Gasteiger partial charge in [0, 0.05) is 23.5 Å². The van der Waals surface area contributed by atoms with E-state index in [2.05, 4.69) is 35.1 Å². The Morgan fingerprint density at radius 2 is 1.50 bits per heavy atom. The summed E-state index contributed by atoms with van der Waals surface area (Å²) in [5, 5.41) is 3.00. The molecule has 0 aromatic heterocycles. The van der Waals surface area contributed by atoms with Gasteiger partial charge in [-0.25, -0.2) is 0 Å². The number of rotatable bonds is 11. The van der Waals surface area contributed by atoms with Crippen LogP contribution >= 0.6 is 15.9 Å². The van der Waals surface area contributed by atoms with Crippen LogP contribution in [0.5, 0.6) is 5.75 Å². The molecule has 3 aromatic rings. The van der Waals surface area contributed by atoms with Crippen molar-refractivity contribution in [1.29, 1.82) is 0 Å². The zero-order valence-corrected chi connectivity index (χ0v) is 23.0. The fourth-order valence-electron chi connectivity index (χ4n) is 3.90. The van der Waals surface area contributed by atoms with E-state index in [-0.39, 0.29) is 24.5 Å². The van der Waals surface area contributed by atoms with Gasteiger partial charge >= 0.3 is 0 Å². The van der Waals surface area contributed by atoms with Crippen LogP contribution in [0.25, 0.3) is 0 Å². The molecule has 0 heterocycles. The Labute approximate surface area is 223 Å². The second-order valence-electron chi connectivity index (χ2n) is 9.53. The Morgan fingerprint density at radius 1 is 0.861 bits per heavy atom. The lowest BCUT2D eigenvalue weighted by molar-refractivity contribution is -0.143. The van der Waals surface area contributed by atoms with Gasteiger partial charge in [-0.05, 0) is 60.7 Å². The maximum absolute atomic E-state index is 13.6. The first-order valence-electron chi connectivity index (χ1n) is 12.3. The van der Waals surface area contributed by atoms with E-state index in [4.69, 9.17) is 4.74 Å². The molecule has 0 fully saturated rings. The summed E-state index contributed by atoms with van der Waals surface area (Å²) in [4.78, 5) is 28.6. The molecule has 5 nitrogen and oxygen atoms in total. The zero-order chi connectivity index (χ0) is 26.1. The number of carbonyl (C=O) groups excluding carboxylic acids is 2. The Morgan fingerprint density at radius 3 is 2.08 bits per heavy atom. The third-order valence-corrected chi connectivity index (χ3v) is 6.41. The lowest BCUT2D eigenvalue weighted by Crippen LogP contribution is -2.52. The molecule has 0 aliphatic heterocycles. The highest BCUT2D eigenvalue weighted by Gasteiger charge is 2.31. The molecular formula is C30H35BrN2O3. The Hall–Kier alpha value is -3.12. The quantitative estimate of drug-likeness (QED) is 0.313. The Kier molecular flexibility index (Phi) is 10.1. The van der Waals surface area contributed by atoms with Crippen molar-refractivity contribution in [3.8, 4) is 5.75 Å². The topological polar surface area (TPSA) is 58.6 Å². The number of nitrogens with zero attached hydrogens (tertiary/aromatic N) is 1. The summed E-state index contributed by atoms with van der Waals surface area (Å²) in [7, 11) is 0. The fraction of sp³-hybridized carbons (Fsp3) is 0.333. The highest BCUT2D eigenvalue weighted by Crippen LogP contribution is 2.20. The van der Waals surface area contributed by atoms with Crippen LogP contribution in [0.3, 0.4) is 0 Å². The van der Waals surface area contributed by atoms with Crippen molar-refractivity contribution in [3.63, 3.8) is 0 Å². The van der Waals surface area contributed by atoms with Gasteiger partial charge in [0.1, 0.15) is 11.8 Å². The van der Waals surface area contributed by atoms with Gasteiger partial charge < -0.3 is 15.0 Å². The second kappa shape index (κ2) is 13.3. The number of ether oxygens (including phenoxy) is 1. The van der Waals surface area contributed by atoms with Crippen molar-refractivity contribution >= 4 is 27.7 Å². The average molecular weight is 552 g/mol. The molecule has 0 bridgehead atoms. The summed E-state index contributed by atoms with van der Waals surface area (Å²) >= 11 is 3.46. The minimum Gasteiger partial charge on any atom is -0.484 e. The number of halogens is 1. The van der Waals surface area contributed by atoms with E-state index in [0.29, 0.717) is 24.6 Å². The first kappa shape index (κ1) is 27.5. The number of benzene rings is 3. The molecule has 0 aliphatic carbocycles. The van der Waals surface area contributed by atoms with Crippen molar-refractivity contribution in [2.24, 2.45) is 0 Å². The minimum atomic E-state index is -0.683. The first-order valence-corrected chi connectivity index (χ1v) is 13.1. The molecule has 3 aromatic carbocycles. The van der Waals surface area contributed by atoms with Crippen LogP contribution in [-0.2, 0) is 22.6 Å². The molecule has 0 radical (unpaired) electrons. The van der Waals surface area contributed by atoms with Crippen molar-refractivity contribution in [2.45, 2.75) is 58.7 Å². The molecule has 36 heavy (non-hydrogen) atoms. The monoisotopic (exact) mass is 550 g/mol. The third-order valence-electron chi connectivity index (χ3n) is 5.88. The van der Waals surface area contributed by atoms with Gasteiger partial charge in [-0.3, -0.25) is 9.59 Å². The average Bonchev–Trinajstić information content (AvgIpc) is 2.86. The van der Waals surface area contributed by atoms with Gasteiger partial charge in [-0.1, -0.05) is 84.4 Å². The Balaban J connectivity index is 1.87. The summed E-state index contributed by atoms with van der Waals surface area (Å²) in [5.74, 6) is 0.620. The summed E-state index contributed by atoms with van der Waals surface area (Å²) in [5.41, 5.74) is 3.13. The lowest BCUT2D eigenvalue weighted by atomic mass is 10.0. The Bertz CT molecular complexity index is 1110. The smallest absolute Gasteiger partial charge is 0.261 e. The van der Waals surface area contributed by atoms with Crippen molar-refractivity contribution < 1.29 is 14.3 Å².